The van der Waals surface area contributed by atoms with Gasteiger partial charge in [0.25, 0.3) is 5.91 Å². The largest absolute Gasteiger partial charge is 0.494 e. The van der Waals surface area contributed by atoms with E-state index < -0.39 is 0 Å². The third-order valence-corrected chi connectivity index (χ3v) is 4.41. The summed E-state index contributed by atoms with van der Waals surface area (Å²) in [4.78, 5) is 29.2. The number of benzene rings is 2. The van der Waals surface area contributed by atoms with Crippen LogP contribution in [0.5, 0.6) is 5.75 Å². The number of halogens is 2. The Hall–Kier alpha value is -2.44. The molecule has 130 valence electrons. The standard InChI is InChI=1S/C17H15Cl2N3O3/c1-8(9-3-4-13-14(7-9)22-17(24)21-13)20-16(23)10-5-11(18)15(25-2)12(19)6-10/h3-8H,1-2H3,(H,20,23)(H2,21,22,24). The van der Waals surface area contributed by atoms with Crippen molar-refractivity contribution < 1.29 is 9.53 Å². The van der Waals surface area contributed by atoms with Crippen LogP contribution in [-0.4, -0.2) is 23.0 Å². The average Bonchev–Trinajstić information content (AvgIpc) is 2.93. The highest BCUT2D eigenvalue weighted by molar-refractivity contribution is 6.37. The monoisotopic (exact) mass is 379 g/mol. The van der Waals surface area contributed by atoms with Gasteiger partial charge in [-0.15, -0.1) is 0 Å². The maximum absolute atomic E-state index is 12.5. The smallest absolute Gasteiger partial charge is 0.323 e. The van der Waals surface area contributed by atoms with Crippen LogP contribution in [0.1, 0.15) is 28.9 Å². The number of imidazole rings is 1. The van der Waals surface area contributed by atoms with Crippen molar-refractivity contribution in [2.24, 2.45) is 0 Å². The van der Waals surface area contributed by atoms with Crippen LogP contribution in [0.4, 0.5) is 0 Å². The number of carbonyl (C=O) groups excluding carboxylic acids is 1. The molecule has 0 radical (unpaired) electrons. The van der Waals surface area contributed by atoms with Crippen molar-refractivity contribution in [3.05, 3.63) is 62.0 Å². The SMILES string of the molecule is COc1c(Cl)cc(C(=O)NC(C)c2ccc3[nH]c(=O)[nH]c3c2)cc1Cl. The van der Waals surface area contributed by atoms with Gasteiger partial charge in [0.1, 0.15) is 0 Å². The molecule has 3 rings (SSSR count). The highest BCUT2D eigenvalue weighted by Gasteiger charge is 2.16. The summed E-state index contributed by atoms with van der Waals surface area (Å²) in [5, 5.41) is 3.40. The fourth-order valence-electron chi connectivity index (χ4n) is 2.57. The van der Waals surface area contributed by atoms with E-state index >= 15 is 0 Å². The van der Waals surface area contributed by atoms with E-state index in [0.717, 1.165) is 5.56 Å². The Morgan fingerprint density at radius 2 is 1.76 bits per heavy atom. The van der Waals surface area contributed by atoms with Gasteiger partial charge in [0.05, 0.1) is 34.2 Å². The second-order valence-corrected chi connectivity index (χ2v) is 6.37. The van der Waals surface area contributed by atoms with Crippen molar-refractivity contribution in [2.45, 2.75) is 13.0 Å². The molecule has 1 aromatic heterocycles. The molecule has 0 fully saturated rings. The third kappa shape index (κ3) is 3.50. The maximum atomic E-state index is 12.5. The number of nitrogens with one attached hydrogen (secondary N) is 3. The van der Waals surface area contributed by atoms with Crippen LogP contribution in [-0.2, 0) is 0 Å². The molecule has 0 spiro atoms. The van der Waals surface area contributed by atoms with Crippen LogP contribution >= 0.6 is 23.2 Å². The van der Waals surface area contributed by atoms with E-state index in [1.54, 1.807) is 6.07 Å². The van der Waals surface area contributed by atoms with Gasteiger partial charge in [0.15, 0.2) is 5.75 Å². The van der Waals surface area contributed by atoms with E-state index in [1.165, 1.54) is 19.2 Å². The Morgan fingerprint density at radius 1 is 1.12 bits per heavy atom. The zero-order chi connectivity index (χ0) is 18.1. The average molecular weight is 380 g/mol. The predicted octanol–water partition coefficient (Wildman–Crippen LogP) is 3.66. The zero-order valence-corrected chi connectivity index (χ0v) is 15.0. The van der Waals surface area contributed by atoms with Crippen LogP contribution in [0, 0.1) is 0 Å². The molecule has 1 amide bonds. The molecular formula is C17H15Cl2N3O3. The van der Waals surface area contributed by atoms with Crippen LogP contribution in [0.2, 0.25) is 10.0 Å². The molecule has 2 aromatic carbocycles. The first-order chi connectivity index (χ1) is 11.9. The molecule has 1 unspecified atom stereocenters. The van der Waals surface area contributed by atoms with Gasteiger partial charge in [-0.3, -0.25) is 4.79 Å². The number of aromatic nitrogens is 2. The molecule has 6 nitrogen and oxygen atoms in total. The Kier molecular flexibility index (Phi) is 4.74. The summed E-state index contributed by atoms with van der Waals surface area (Å²) < 4.78 is 5.08. The summed E-state index contributed by atoms with van der Waals surface area (Å²) in [6.07, 6.45) is 0. The summed E-state index contributed by atoms with van der Waals surface area (Å²) in [7, 11) is 1.45. The van der Waals surface area contributed by atoms with Gasteiger partial charge in [-0.2, -0.15) is 0 Å². The Morgan fingerprint density at radius 3 is 2.40 bits per heavy atom. The number of methoxy groups -OCH3 is 1. The lowest BCUT2D eigenvalue weighted by atomic mass is 10.1. The Labute approximate surface area is 153 Å². The minimum Gasteiger partial charge on any atom is -0.494 e. The first-order valence-electron chi connectivity index (χ1n) is 7.45. The molecular weight excluding hydrogens is 365 g/mol. The van der Waals surface area contributed by atoms with Crippen LogP contribution in [0.3, 0.4) is 0 Å². The van der Waals surface area contributed by atoms with Gasteiger partial charge >= 0.3 is 5.69 Å². The molecule has 0 aliphatic heterocycles. The topological polar surface area (TPSA) is 87.0 Å². The van der Waals surface area contributed by atoms with Crippen molar-refractivity contribution in [3.8, 4) is 5.75 Å². The number of aromatic amines is 2. The number of hydrogen-bond donors (Lipinski definition) is 3. The summed E-state index contributed by atoms with van der Waals surface area (Å²) in [6.45, 7) is 1.84. The number of ether oxygens (including phenoxy) is 1. The Balaban J connectivity index is 1.82. The molecule has 8 heteroatoms. The van der Waals surface area contributed by atoms with Crippen molar-refractivity contribution in [1.82, 2.24) is 15.3 Å². The van der Waals surface area contributed by atoms with Crippen molar-refractivity contribution in [3.63, 3.8) is 0 Å². The quantitative estimate of drug-likeness (QED) is 0.646. The Bertz CT molecular complexity index is 987. The highest BCUT2D eigenvalue weighted by atomic mass is 35.5. The number of rotatable bonds is 4. The van der Waals surface area contributed by atoms with E-state index in [0.29, 0.717) is 22.3 Å². The summed E-state index contributed by atoms with van der Waals surface area (Å²) >= 11 is 12.1. The molecule has 3 N–H and O–H groups in total. The summed E-state index contributed by atoms with van der Waals surface area (Å²) in [6, 6.07) is 8.15. The van der Waals surface area contributed by atoms with Crippen molar-refractivity contribution >= 4 is 40.1 Å². The second-order valence-electron chi connectivity index (χ2n) is 5.55. The van der Waals surface area contributed by atoms with Crippen LogP contribution in [0.25, 0.3) is 11.0 Å². The lowest BCUT2D eigenvalue weighted by Gasteiger charge is -2.15. The normalized spacial score (nSPS) is 12.2. The fourth-order valence-corrected chi connectivity index (χ4v) is 3.21. The maximum Gasteiger partial charge on any atom is 0.323 e. The first kappa shape index (κ1) is 17.4. The van der Waals surface area contributed by atoms with E-state index in [1.807, 2.05) is 19.1 Å². The number of hydrogen-bond acceptors (Lipinski definition) is 3. The third-order valence-electron chi connectivity index (χ3n) is 3.85. The zero-order valence-electron chi connectivity index (χ0n) is 13.4. The molecule has 0 bridgehead atoms. The molecule has 1 heterocycles. The molecule has 1 atom stereocenters. The molecule has 25 heavy (non-hydrogen) atoms. The molecule has 0 saturated heterocycles. The van der Waals surface area contributed by atoms with E-state index in [4.69, 9.17) is 27.9 Å². The lowest BCUT2D eigenvalue weighted by molar-refractivity contribution is 0.0940. The lowest BCUT2D eigenvalue weighted by Crippen LogP contribution is -2.26. The minimum atomic E-state index is -0.318. The van der Waals surface area contributed by atoms with Crippen molar-refractivity contribution in [2.75, 3.05) is 7.11 Å². The minimum absolute atomic E-state index is 0.263. The van der Waals surface area contributed by atoms with Crippen molar-refractivity contribution in [1.29, 1.82) is 0 Å². The number of fused-ring (bicyclic) bond motifs is 1. The fraction of sp³-hybridized carbons (Fsp3) is 0.176. The molecule has 0 aliphatic carbocycles. The number of amides is 1. The van der Waals surface area contributed by atoms with Gasteiger partial charge in [0.2, 0.25) is 0 Å². The van der Waals surface area contributed by atoms with Gasteiger partial charge in [-0.25, -0.2) is 4.79 Å². The number of H-pyrrole nitrogens is 2. The van der Waals surface area contributed by atoms with Gasteiger partial charge in [0, 0.05) is 5.56 Å². The van der Waals surface area contributed by atoms with Crippen LogP contribution in [0.15, 0.2) is 35.1 Å². The van der Waals surface area contributed by atoms with Gasteiger partial charge in [-0.05, 0) is 36.8 Å². The summed E-state index contributed by atoms with van der Waals surface area (Å²) in [5.41, 5.74) is 2.30. The van der Waals surface area contributed by atoms with Crippen LogP contribution < -0.4 is 15.7 Å². The first-order valence-corrected chi connectivity index (χ1v) is 8.20. The van der Waals surface area contributed by atoms with E-state index in [-0.39, 0.29) is 27.7 Å². The van der Waals surface area contributed by atoms with E-state index in [9.17, 15) is 9.59 Å². The summed E-state index contributed by atoms with van der Waals surface area (Å²) in [5.74, 6) is 0.0106. The number of carbonyl (C=O) groups is 1. The predicted molar refractivity (Wildman–Crippen MR) is 97.8 cm³/mol. The molecule has 0 aliphatic rings. The molecule has 0 saturated carbocycles. The van der Waals surface area contributed by atoms with Gasteiger partial charge < -0.3 is 20.0 Å². The molecule has 3 aromatic rings. The second kappa shape index (κ2) is 6.82. The van der Waals surface area contributed by atoms with E-state index in [2.05, 4.69) is 15.3 Å². The highest BCUT2D eigenvalue weighted by Crippen LogP contribution is 2.34. The van der Waals surface area contributed by atoms with Gasteiger partial charge in [-0.1, -0.05) is 29.3 Å².